The lowest BCUT2D eigenvalue weighted by atomic mass is 9.70. The van der Waals surface area contributed by atoms with Crippen LogP contribution in [0.25, 0.3) is 56.4 Å². The van der Waals surface area contributed by atoms with E-state index >= 15 is 0 Å². The molecule has 1 aliphatic heterocycles. The summed E-state index contributed by atoms with van der Waals surface area (Å²) < 4.78 is 0. The van der Waals surface area contributed by atoms with Crippen LogP contribution in [0.2, 0.25) is 0 Å². The number of nitrogens with one attached hydrogen (secondary N) is 2. The zero-order chi connectivity index (χ0) is 45.9. The monoisotopic (exact) mass is 879 g/mol. The molecule has 324 valence electrons. The van der Waals surface area contributed by atoms with Gasteiger partial charge < -0.3 is 10.2 Å². The Hall–Kier alpha value is -9.05. The minimum atomic E-state index is -0.491. The van der Waals surface area contributed by atoms with Crippen molar-refractivity contribution in [3.8, 4) is 33.4 Å². The highest BCUT2D eigenvalue weighted by Crippen LogP contribution is 2.64. The molecule has 0 unspecified atom stereocenters. The van der Waals surface area contributed by atoms with Gasteiger partial charge in [-0.3, -0.25) is 5.41 Å². The standard InChI is InChI=1S/C66H45N3/c67-64(48-26-11-4-12-27-48)62(47-24-9-3-10-25-47)65-55-43-51(41-38-49(55)42-60(68-65)46-22-7-2-8-23-46)69(50-39-36-45(37-40-50)44-20-5-1-6-21-44)61-35-19-34-59-63(61)54-30-15-18-33-58(54)66(59)56-31-16-13-28-52(56)53-29-14-17-32-57(53)66/h1-43,67-68H/b65-62-,67-64?. The van der Waals surface area contributed by atoms with Crippen LogP contribution in [0.15, 0.2) is 255 Å². The molecule has 3 aliphatic rings. The molecule has 10 aromatic carbocycles. The topological polar surface area (TPSA) is 39.1 Å². The normalized spacial score (nSPS) is 14.1. The predicted octanol–water partition coefficient (Wildman–Crippen LogP) is 16.2. The van der Waals surface area contributed by atoms with Crippen molar-refractivity contribution in [2.75, 3.05) is 4.90 Å². The van der Waals surface area contributed by atoms with Crippen LogP contribution in [0.5, 0.6) is 0 Å². The van der Waals surface area contributed by atoms with Crippen molar-refractivity contribution in [2.24, 2.45) is 0 Å². The summed E-state index contributed by atoms with van der Waals surface area (Å²) in [7, 11) is 0. The SMILES string of the molecule is N=C(/C(=C1\NC(c2ccccc2)=Cc2ccc(N(c3ccc(-c4ccccc4)cc3)c3cccc4c3-c3ccccc3C43c4ccccc4-c4ccccc43)cc21)c1ccccc1)c1ccccc1. The van der Waals surface area contributed by atoms with Crippen LogP contribution in [0.1, 0.15) is 50.1 Å². The fourth-order valence-corrected chi connectivity index (χ4v) is 11.3. The van der Waals surface area contributed by atoms with Crippen molar-refractivity contribution in [3.63, 3.8) is 0 Å². The molecule has 1 spiro atoms. The second-order valence-corrected chi connectivity index (χ2v) is 18.0. The highest BCUT2D eigenvalue weighted by atomic mass is 15.1. The third-order valence-corrected chi connectivity index (χ3v) is 14.3. The van der Waals surface area contributed by atoms with Crippen LogP contribution < -0.4 is 10.2 Å². The van der Waals surface area contributed by atoms with E-state index in [4.69, 9.17) is 0 Å². The number of hydrogen-bond acceptors (Lipinski definition) is 3. The van der Waals surface area contributed by atoms with E-state index in [-0.39, 0.29) is 0 Å². The zero-order valence-electron chi connectivity index (χ0n) is 37.8. The molecule has 3 heteroatoms. The van der Waals surface area contributed by atoms with Gasteiger partial charge in [0.05, 0.1) is 22.5 Å². The molecule has 0 amide bonds. The average molecular weight is 880 g/mol. The van der Waals surface area contributed by atoms with Gasteiger partial charge in [0, 0.05) is 39.3 Å². The molecule has 2 N–H and O–H groups in total. The van der Waals surface area contributed by atoms with E-state index < -0.39 is 5.41 Å². The zero-order valence-corrected chi connectivity index (χ0v) is 37.8. The number of nitrogens with zero attached hydrogens (tertiary/aromatic N) is 1. The van der Waals surface area contributed by atoms with Crippen molar-refractivity contribution < 1.29 is 0 Å². The van der Waals surface area contributed by atoms with E-state index in [1.54, 1.807) is 0 Å². The van der Waals surface area contributed by atoms with Crippen molar-refractivity contribution in [3.05, 3.63) is 305 Å². The van der Waals surface area contributed by atoms with E-state index in [1.807, 2.05) is 36.4 Å². The van der Waals surface area contributed by atoms with Crippen LogP contribution in [-0.4, -0.2) is 5.71 Å². The minimum absolute atomic E-state index is 0.447. The van der Waals surface area contributed by atoms with Gasteiger partial charge in [-0.2, -0.15) is 0 Å². The Morgan fingerprint density at radius 1 is 0.391 bits per heavy atom. The van der Waals surface area contributed by atoms with Crippen molar-refractivity contribution >= 4 is 45.8 Å². The lowest BCUT2D eigenvalue weighted by molar-refractivity contribution is 0.794. The number of fused-ring (bicyclic) bond motifs is 11. The van der Waals surface area contributed by atoms with Gasteiger partial charge >= 0.3 is 0 Å². The quantitative estimate of drug-likeness (QED) is 0.149. The molecule has 10 aromatic rings. The van der Waals surface area contributed by atoms with Crippen molar-refractivity contribution in [2.45, 2.75) is 5.41 Å². The van der Waals surface area contributed by atoms with Gasteiger partial charge in [-0.25, -0.2) is 0 Å². The second kappa shape index (κ2) is 16.4. The Morgan fingerprint density at radius 2 is 0.884 bits per heavy atom. The molecule has 0 saturated heterocycles. The maximum atomic E-state index is 9.98. The average Bonchev–Trinajstić information content (AvgIpc) is 3.90. The molecule has 69 heavy (non-hydrogen) atoms. The fourth-order valence-electron chi connectivity index (χ4n) is 11.3. The molecular formula is C66H45N3. The van der Waals surface area contributed by atoms with Gasteiger partial charge in [-0.15, -0.1) is 0 Å². The summed E-state index contributed by atoms with van der Waals surface area (Å²) in [5, 5.41) is 13.9. The first-order valence-electron chi connectivity index (χ1n) is 23.7. The minimum Gasteiger partial charge on any atom is -0.354 e. The number of rotatable bonds is 8. The molecule has 2 aliphatic carbocycles. The third kappa shape index (κ3) is 6.39. The Labute approximate surface area is 403 Å². The van der Waals surface area contributed by atoms with Crippen LogP contribution in [0.4, 0.5) is 17.1 Å². The molecule has 0 fully saturated rings. The van der Waals surface area contributed by atoms with E-state index in [0.29, 0.717) is 5.71 Å². The van der Waals surface area contributed by atoms with E-state index in [9.17, 15) is 5.41 Å². The number of anilines is 3. The van der Waals surface area contributed by atoms with Crippen LogP contribution in [0.3, 0.4) is 0 Å². The first-order valence-corrected chi connectivity index (χ1v) is 23.7. The highest BCUT2D eigenvalue weighted by molar-refractivity contribution is 6.36. The Kier molecular flexibility index (Phi) is 9.55. The number of allylic oxidation sites excluding steroid dienone is 1. The largest absolute Gasteiger partial charge is 0.354 e. The molecule has 0 saturated carbocycles. The first-order chi connectivity index (χ1) is 34.2. The van der Waals surface area contributed by atoms with Gasteiger partial charge in [0.1, 0.15) is 0 Å². The molecule has 3 nitrogen and oxygen atoms in total. The highest BCUT2D eigenvalue weighted by Gasteiger charge is 2.52. The summed E-state index contributed by atoms with van der Waals surface area (Å²) in [4.78, 5) is 2.45. The second-order valence-electron chi connectivity index (χ2n) is 18.0. The summed E-state index contributed by atoms with van der Waals surface area (Å²) in [5.74, 6) is 0. The van der Waals surface area contributed by atoms with Gasteiger partial charge in [0.25, 0.3) is 0 Å². The third-order valence-electron chi connectivity index (χ3n) is 14.3. The van der Waals surface area contributed by atoms with Crippen molar-refractivity contribution in [1.29, 1.82) is 5.41 Å². The molecule has 13 rings (SSSR count). The Bertz CT molecular complexity index is 3640. The summed E-state index contributed by atoms with van der Waals surface area (Å²) in [6, 6.07) is 91.4. The Morgan fingerprint density at radius 3 is 1.52 bits per heavy atom. The van der Waals surface area contributed by atoms with Crippen molar-refractivity contribution in [1.82, 2.24) is 5.32 Å². The predicted molar refractivity (Wildman–Crippen MR) is 287 cm³/mol. The van der Waals surface area contributed by atoms with Crippen LogP contribution >= 0.6 is 0 Å². The maximum absolute atomic E-state index is 9.98. The molecule has 0 bridgehead atoms. The van der Waals surface area contributed by atoms with E-state index in [1.165, 1.54) is 50.1 Å². The first kappa shape index (κ1) is 40.2. The summed E-state index contributed by atoms with van der Waals surface area (Å²) >= 11 is 0. The van der Waals surface area contributed by atoms with E-state index in [0.717, 1.165) is 67.4 Å². The van der Waals surface area contributed by atoms with Gasteiger partial charge in [0.2, 0.25) is 0 Å². The lowest BCUT2D eigenvalue weighted by Crippen LogP contribution is -2.26. The molecule has 0 atom stereocenters. The maximum Gasteiger partial charge on any atom is 0.0726 e. The molecule has 0 aromatic heterocycles. The van der Waals surface area contributed by atoms with Gasteiger partial charge in [0.15, 0.2) is 0 Å². The number of benzene rings is 10. The summed E-state index contributed by atoms with van der Waals surface area (Å²) in [6.45, 7) is 0. The molecule has 0 radical (unpaired) electrons. The van der Waals surface area contributed by atoms with Crippen LogP contribution in [0, 0.1) is 5.41 Å². The summed E-state index contributed by atoms with van der Waals surface area (Å²) in [5.41, 5.74) is 23.4. The fraction of sp³-hybridized carbons (Fsp3) is 0.0152. The number of hydrogen-bond donors (Lipinski definition) is 2. The van der Waals surface area contributed by atoms with Gasteiger partial charge in [-0.1, -0.05) is 224 Å². The smallest absolute Gasteiger partial charge is 0.0726 e. The molecule has 1 heterocycles. The summed E-state index contributed by atoms with van der Waals surface area (Å²) in [6.07, 6.45) is 2.25. The van der Waals surface area contributed by atoms with E-state index in [2.05, 4.69) is 235 Å². The molecular weight excluding hydrogens is 835 g/mol. The Balaban J connectivity index is 1.08. The van der Waals surface area contributed by atoms with Gasteiger partial charge in [-0.05, 0) is 103 Å². The lowest BCUT2D eigenvalue weighted by Gasteiger charge is -2.32. The van der Waals surface area contributed by atoms with Crippen LogP contribution in [-0.2, 0) is 5.41 Å².